The molecule has 1 heterocycles. The van der Waals surface area contributed by atoms with Crippen molar-refractivity contribution in [3.63, 3.8) is 0 Å². The highest BCUT2D eigenvalue weighted by molar-refractivity contribution is 5.94. The van der Waals surface area contributed by atoms with E-state index >= 15 is 0 Å². The third-order valence-corrected chi connectivity index (χ3v) is 3.84. The number of carbonyl (C=O) groups is 2. The van der Waals surface area contributed by atoms with Gasteiger partial charge in [-0.15, -0.1) is 0 Å². The highest BCUT2D eigenvalue weighted by atomic mass is 16.2. The fraction of sp³-hybridized carbons (Fsp3) is 0.500. The maximum atomic E-state index is 12.5. The topological polar surface area (TPSA) is 85.2 Å². The second-order valence-corrected chi connectivity index (χ2v) is 7.11. The van der Waals surface area contributed by atoms with Gasteiger partial charge in [0.15, 0.2) is 0 Å². The Labute approximate surface area is 142 Å². The predicted molar refractivity (Wildman–Crippen MR) is 91.5 cm³/mol. The average Bonchev–Trinajstić information content (AvgIpc) is 2.53. The fourth-order valence-electron chi connectivity index (χ4n) is 2.69. The summed E-state index contributed by atoms with van der Waals surface area (Å²) < 4.78 is 0. The van der Waals surface area contributed by atoms with Crippen molar-refractivity contribution in [1.29, 1.82) is 5.26 Å². The van der Waals surface area contributed by atoms with E-state index in [0.717, 1.165) is 12.8 Å². The first kappa shape index (κ1) is 17.8. The van der Waals surface area contributed by atoms with Gasteiger partial charge in [0.25, 0.3) is 5.91 Å². The molecule has 3 amide bonds. The van der Waals surface area contributed by atoms with Gasteiger partial charge in [-0.1, -0.05) is 6.07 Å². The van der Waals surface area contributed by atoms with Crippen LogP contribution in [0.4, 0.5) is 4.79 Å². The summed E-state index contributed by atoms with van der Waals surface area (Å²) in [5.74, 6) is -0.0651. The minimum Gasteiger partial charge on any atom is -0.338 e. The van der Waals surface area contributed by atoms with E-state index in [2.05, 4.69) is 10.6 Å². The first-order chi connectivity index (χ1) is 11.3. The smallest absolute Gasteiger partial charge is 0.315 e. The van der Waals surface area contributed by atoms with E-state index in [4.69, 9.17) is 5.26 Å². The first-order valence-electron chi connectivity index (χ1n) is 8.16. The van der Waals surface area contributed by atoms with Gasteiger partial charge in [0.05, 0.1) is 11.6 Å². The maximum absolute atomic E-state index is 12.5. The molecule has 0 aliphatic carbocycles. The Morgan fingerprint density at radius 3 is 2.50 bits per heavy atom. The van der Waals surface area contributed by atoms with Crippen molar-refractivity contribution in [1.82, 2.24) is 15.5 Å². The van der Waals surface area contributed by atoms with Crippen LogP contribution in [0.25, 0.3) is 0 Å². The van der Waals surface area contributed by atoms with Crippen LogP contribution < -0.4 is 10.6 Å². The molecule has 2 rings (SSSR count). The van der Waals surface area contributed by atoms with Gasteiger partial charge < -0.3 is 15.5 Å². The van der Waals surface area contributed by atoms with Crippen LogP contribution in [0.1, 0.15) is 49.5 Å². The van der Waals surface area contributed by atoms with E-state index in [9.17, 15) is 9.59 Å². The van der Waals surface area contributed by atoms with Crippen molar-refractivity contribution in [2.45, 2.75) is 45.2 Å². The van der Waals surface area contributed by atoms with Crippen LogP contribution in [0.15, 0.2) is 24.3 Å². The predicted octanol–water partition coefficient (Wildman–Crippen LogP) is 2.26. The Kier molecular flexibility index (Phi) is 5.45. The molecule has 0 spiro atoms. The van der Waals surface area contributed by atoms with E-state index < -0.39 is 0 Å². The van der Waals surface area contributed by atoms with Gasteiger partial charge in [-0.2, -0.15) is 5.26 Å². The Morgan fingerprint density at radius 2 is 1.92 bits per heavy atom. The Balaban J connectivity index is 1.87. The summed E-state index contributed by atoms with van der Waals surface area (Å²) in [5.41, 5.74) is 0.745. The number of likely N-dealkylation sites (tertiary alicyclic amines) is 1. The quantitative estimate of drug-likeness (QED) is 0.873. The van der Waals surface area contributed by atoms with Gasteiger partial charge in [0.1, 0.15) is 0 Å². The molecule has 24 heavy (non-hydrogen) atoms. The summed E-state index contributed by atoms with van der Waals surface area (Å²) in [7, 11) is 0. The molecule has 6 heteroatoms. The largest absolute Gasteiger partial charge is 0.338 e. The van der Waals surface area contributed by atoms with E-state index in [-0.39, 0.29) is 23.5 Å². The monoisotopic (exact) mass is 328 g/mol. The molecule has 0 aromatic heterocycles. The zero-order chi connectivity index (χ0) is 17.7. The second-order valence-electron chi connectivity index (χ2n) is 7.11. The van der Waals surface area contributed by atoms with Crippen LogP contribution in [0.3, 0.4) is 0 Å². The molecule has 1 aliphatic rings. The number of nitriles is 1. The number of rotatable bonds is 2. The SMILES string of the molecule is CC(C)(C)NC(=O)NC1CCN(C(=O)c2cccc(C#N)c2)CC1. The summed E-state index contributed by atoms with van der Waals surface area (Å²) in [6, 6.07) is 8.69. The Morgan fingerprint density at radius 1 is 1.25 bits per heavy atom. The van der Waals surface area contributed by atoms with Gasteiger partial charge in [-0.25, -0.2) is 4.79 Å². The molecule has 0 unspecified atom stereocenters. The van der Waals surface area contributed by atoms with Gasteiger partial charge >= 0.3 is 6.03 Å². The number of nitrogens with zero attached hydrogens (tertiary/aromatic N) is 2. The minimum absolute atomic E-state index is 0.0651. The van der Waals surface area contributed by atoms with Crippen molar-refractivity contribution in [2.75, 3.05) is 13.1 Å². The molecule has 0 radical (unpaired) electrons. The van der Waals surface area contributed by atoms with Crippen molar-refractivity contribution in [3.8, 4) is 6.07 Å². The molecule has 0 bridgehead atoms. The van der Waals surface area contributed by atoms with Crippen molar-refractivity contribution >= 4 is 11.9 Å². The number of carbonyl (C=O) groups excluding carboxylic acids is 2. The van der Waals surface area contributed by atoms with Crippen LogP contribution >= 0.6 is 0 Å². The lowest BCUT2D eigenvalue weighted by atomic mass is 10.0. The van der Waals surface area contributed by atoms with Crippen LogP contribution in [0.2, 0.25) is 0 Å². The average molecular weight is 328 g/mol. The molecule has 0 atom stereocenters. The number of piperidine rings is 1. The molecule has 1 aromatic rings. The second kappa shape index (κ2) is 7.35. The molecule has 1 saturated heterocycles. The molecule has 1 aliphatic heterocycles. The number of amides is 3. The molecule has 2 N–H and O–H groups in total. The lowest BCUT2D eigenvalue weighted by Gasteiger charge is -2.33. The van der Waals surface area contributed by atoms with Crippen molar-refractivity contribution < 1.29 is 9.59 Å². The molecule has 6 nitrogen and oxygen atoms in total. The number of hydrogen-bond donors (Lipinski definition) is 2. The molecule has 0 saturated carbocycles. The highest BCUT2D eigenvalue weighted by Crippen LogP contribution is 2.15. The molecule has 1 aromatic carbocycles. The Bertz CT molecular complexity index is 650. The van der Waals surface area contributed by atoms with Gasteiger partial charge in [-0.05, 0) is 51.8 Å². The number of hydrogen-bond acceptors (Lipinski definition) is 3. The maximum Gasteiger partial charge on any atom is 0.315 e. The number of urea groups is 1. The number of nitrogens with one attached hydrogen (secondary N) is 2. The van der Waals surface area contributed by atoms with E-state index in [1.807, 2.05) is 26.8 Å². The van der Waals surface area contributed by atoms with Crippen molar-refractivity contribution in [2.24, 2.45) is 0 Å². The minimum atomic E-state index is -0.271. The highest BCUT2D eigenvalue weighted by Gasteiger charge is 2.25. The van der Waals surface area contributed by atoms with Crippen LogP contribution in [-0.2, 0) is 0 Å². The van der Waals surface area contributed by atoms with Gasteiger partial charge in [-0.3, -0.25) is 4.79 Å². The zero-order valence-electron chi connectivity index (χ0n) is 14.4. The standard InChI is InChI=1S/C18H24N4O2/c1-18(2,3)21-17(24)20-15-7-9-22(10-8-15)16(23)14-6-4-5-13(11-14)12-19/h4-6,11,15H,7-10H2,1-3H3,(H2,20,21,24). The fourth-order valence-corrected chi connectivity index (χ4v) is 2.69. The third-order valence-electron chi connectivity index (χ3n) is 3.84. The Hall–Kier alpha value is -2.55. The molecule has 128 valence electrons. The lowest BCUT2D eigenvalue weighted by molar-refractivity contribution is 0.0708. The van der Waals surface area contributed by atoms with E-state index in [1.165, 1.54) is 0 Å². The third kappa shape index (κ3) is 4.98. The number of benzene rings is 1. The summed E-state index contributed by atoms with van der Waals surface area (Å²) in [4.78, 5) is 26.2. The van der Waals surface area contributed by atoms with Gasteiger partial charge in [0, 0.05) is 30.2 Å². The molecular weight excluding hydrogens is 304 g/mol. The summed E-state index contributed by atoms with van der Waals surface area (Å²) >= 11 is 0. The van der Waals surface area contributed by atoms with Gasteiger partial charge in [0.2, 0.25) is 0 Å². The summed E-state index contributed by atoms with van der Waals surface area (Å²) in [5, 5.41) is 14.8. The first-order valence-corrected chi connectivity index (χ1v) is 8.16. The molecule has 1 fully saturated rings. The van der Waals surface area contributed by atoms with E-state index in [0.29, 0.717) is 24.2 Å². The normalized spacial score (nSPS) is 15.5. The van der Waals surface area contributed by atoms with Crippen molar-refractivity contribution in [3.05, 3.63) is 35.4 Å². The lowest BCUT2D eigenvalue weighted by Crippen LogP contribution is -2.52. The summed E-state index contributed by atoms with van der Waals surface area (Å²) in [6.07, 6.45) is 1.45. The van der Waals surface area contributed by atoms with Crippen LogP contribution in [0.5, 0.6) is 0 Å². The van der Waals surface area contributed by atoms with E-state index in [1.54, 1.807) is 29.2 Å². The molecular formula is C18H24N4O2. The summed E-state index contributed by atoms with van der Waals surface area (Å²) in [6.45, 7) is 6.99. The van der Waals surface area contributed by atoms with Crippen LogP contribution in [-0.4, -0.2) is 41.5 Å². The van der Waals surface area contributed by atoms with Crippen LogP contribution in [0, 0.1) is 11.3 Å². The zero-order valence-corrected chi connectivity index (χ0v) is 14.4.